The molecule has 0 saturated carbocycles. The molecule has 0 spiro atoms. The maximum atomic E-state index is 9.98. The molecule has 0 bridgehead atoms. The number of aryl methyl sites for hydroxylation is 1. The van der Waals surface area contributed by atoms with E-state index in [1.54, 1.807) is 18.5 Å². The first kappa shape index (κ1) is 11.6. The molecule has 0 amide bonds. The Hall–Kier alpha value is -2.49. The molecule has 1 N–H and O–H groups in total. The maximum Gasteiger partial charge on any atom is 0.138 e. The van der Waals surface area contributed by atoms with Crippen molar-refractivity contribution in [3.63, 3.8) is 0 Å². The van der Waals surface area contributed by atoms with Gasteiger partial charge in [-0.3, -0.25) is 4.98 Å². The second-order valence-corrected chi connectivity index (χ2v) is 4.41. The molecule has 3 aromatic rings. The average Bonchev–Trinajstić information content (AvgIpc) is 2.76. The predicted octanol–water partition coefficient (Wildman–Crippen LogP) is 2.86. The van der Waals surface area contributed by atoms with E-state index in [2.05, 4.69) is 4.98 Å². The minimum Gasteiger partial charge on any atom is -0.507 e. The van der Waals surface area contributed by atoms with Gasteiger partial charge < -0.3 is 14.4 Å². The van der Waals surface area contributed by atoms with Crippen molar-refractivity contribution < 1.29 is 9.84 Å². The fraction of sp³-hybridized carbons (Fsp3) is 0.133. The summed E-state index contributed by atoms with van der Waals surface area (Å²) in [6.07, 6.45) is 5.35. The molecule has 1 aromatic carbocycles. The topological polar surface area (TPSA) is 47.3 Å². The van der Waals surface area contributed by atoms with Crippen molar-refractivity contribution in [3.8, 4) is 11.5 Å². The lowest BCUT2D eigenvalue weighted by Crippen LogP contribution is -1.94. The monoisotopic (exact) mass is 254 g/mol. The van der Waals surface area contributed by atoms with Crippen LogP contribution in [0.1, 0.15) is 5.56 Å². The van der Waals surface area contributed by atoms with Crippen LogP contribution in [-0.2, 0) is 13.7 Å². The number of pyridine rings is 1. The summed E-state index contributed by atoms with van der Waals surface area (Å²) >= 11 is 0. The molecule has 0 unspecified atom stereocenters. The smallest absolute Gasteiger partial charge is 0.138 e. The molecule has 4 heteroatoms. The van der Waals surface area contributed by atoms with Crippen LogP contribution in [-0.4, -0.2) is 14.7 Å². The fourth-order valence-corrected chi connectivity index (χ4v) is 2.22. The molecular weight excluding hydrogens is 240 g/mol. The van der Waals surface area contributed by atoms with E-state index in [9.17, 15) is 5.11 Å². The summed E-state index contributed by atoms with van der Waals surface area (Å²) in [5, 5.41) is 10.8. The van der Waals surface area contributed by atoms with Gasteiger partial charge in [-0.2, -0.15) is 0 Å². The molecule has 4 nitrogen and oxygen atoms in total. The van der Waals surface area contributed by atoms with Gasteiger partial charge in [-0.1, -0.05) is 6.07 Å². The summed E-state index contributed by atoms with van der Waals surface area (Å²) in [4.78, 5) is 4.00. The molecule has 0 aliphatic carbocycles. The van der Waals surface area contributed by atoms with Gasteiger partial charge in [0.2, 0.25) is 0 Å². The van der Waals surface area contributed by atoms with E-state index < -0.39 is 0 Å². The lowest BCUT2D eigenvalue weighted by molar-refractivity contribution is 0.306. The van der Waals surface area contributed by atoms with Crippen molar-refractivity contribution in [2.24, 2.45) is 7.05 Å². The standard InChI is InChI=1S/C15H14N2O2/c1-17-9-11(10-19-12-4-3-7-16-8-12)15-13(17)5-2-6-14(15)18/h2-9,18H,10H2,1H3. The number of hydrogen-bond donors (Lipinski definition) is 1. The Balaban J connectivity index is 1.93. The number of hydrogen-bond acceptors (Lipinski definition) is 3. The van der Waals surface area contributed by atoms with E-state index in [0.717, 1.165) is 22.2 Å². The van der Waals surface area contributed by atoms with E-state index >= 15 is 0 Å². The number of phenols is 1. The quantitative estimate of drug-likeness (QED) is 0.781. The fourth-order valence-electron chi connectivity index (χ4n) is 2.22. The van der Waals surface area contributed by atoms with E-state index in [1.165, 1.54) is 0 Å². The largest absolute Gasteiger partial charge is 0.507 e. The lowest BCUT2D eigenvalue weighted by atomic mass is 10.1. The van der Waals surface area contributed by atoms with Gasteiger partial charge in [-0.15, -0.1) is 0 Å². The highest BCUT2D eigenvalue weighted by atomic mass is 16.5. The molecule has 19 heavy (non-hydrogen) atoms. The highest BCUT2D eigenvalue weighted by Crippen LogP contribution is 2.29. The second kappa shape index (κ2) is 4.65. The first-order chi connectivity index (χ1) is 9.25. The number of benzene rings is 1. The van der Waals surface area contributed by atoms with E-state index in [1.807, 2.05) is 42.1 Å². The van der Waals surface area contributed by atoms with Crippen LogP contribution in [0.3, 0.4) is 0 Å². The van der Waals surface area contributed by atoms with Gasteiger partial charge >= 0.3 is 0 Å². The lowest BCUT2D eigenvalue weighted by Gasteiger charge is -2.05. The molecule has 0 aliphatic heterocycles. The molecule has 3 rings (SSSR count). The van der Waals surface area contributed by atoms with Crippen LogP contribution < -0.4 is 4.74 Å². The second-order valence-electron chi connectivity index (χ2n) is 4.41. The number of ether oxygens (including phenoxy) is 1. The Labute approximate surface area is 110 Å². The van der Waals surface area contributed by atoms with Gasteiger partial charge in [-0.05, 0) is 24.3 Å². The average molecular weight is 254 g/mol. The molecule has 0 radical (unpaired) electrons. The zero-order valence-corrected chi connectivity index (χ0v) is 10.6. The number of fused-ring (bicyclic) bond motifs is 1. The van der Waals surface area contributed by atoms with Gasteiger partial charge in [0.25, 0.3) is 0 Å². The van der Waals surface area contributed by atoms with Gasteiger partial charge in [0.05, 0.1) is 11.7 Å². The zero-order chi connectivity index (χ0) is 13.2. The normalized spacial score (nSPS) is 10.8. The minimum atomic E-state index is 0.280. The molecule has 0 atom stereocenters. The van der Waals surface area contributed by atoms with Crippen LogP contribution in [0.2, 0.25) is 0 Å². The summed E-state index contributed by atoms with van der Waals surface area (Å²) < 4.78 is 7.66. The minimum absolute atomic E-state index is 0.280. The molecule has 96 valence electrons. The molecule has 0 fully saturated rings. The molecule has 0 aliphatic rings. The Morgan fingerprint density at radius 1 is 1.26 bits per heavy atom. The third-order valence-electron chi connectivity index (χ3n) is 3.10. The first-order valence-electron chi connectivity index (χ1n) is 6.04. The van der Waals surface area contributed by atoms with Gasteiger partial charge in [-0.25, -0.2) is 0 Å². The van der Waals surface area contributed by atoms with Crippen molar-refractivity contribution in [2.45, 2.75) is 6.61 Å². The van der Waals surface area contributed by atoms with Crippen LogP contribution in [0.4, 0.5) is 0 Å². The van der Waals surface area contributed by atoms with Crippen LogP contribution >= 0.6 is 0 Å². The van der Waals surface area contributed by atoms with Gasteiger partial charge in [0, 0.05) is 30.4 Å². The Bertz CT molecular complexity index is 705. The Kier molecular flexibility index (Phi) is 2.83. The highest BCUT2D eigenvalue weighted by Gasteiger charge is 2.10. The first-order valence-corrected chi connectivity index (χ1v) is 6.04. The van der Waals surface area contributed by atoms with Crippen molar-refractivity contribution in [1.29, 1.82) is 0 Å². The van der Waals surface area contributed by atoms with Crippen molar-refractivity contribution in [1.82, 2.24) is 9.55 Å². The summed E-state index contributed by atoms with van der Waals surface area (Å²) in [7, 11) is 1.95. The SMILES string of the molecule is Cn1cc(COc2cccnc2)c2c(O)cccc21. The number of nitrogens with zero attached hydrogens (tertiary/aromatic N) is 2. The zero-order valence-electron chi connectivity index (χ0n) is 10.6. The number of rotatable bonds is 3. The predicted molar refractivity (Wildman–Crippen MR) is 73.2 cm³/mol. The van der Waals surface area contributed by atoms with Crippen LogP contribution in [0, 0.1) is 0 Å². The van der Waals surface area contributed by atoms with Gasteiger partial charge in [0.15, 0.2) is 0 Å². The van der Waals surface area contributed by atoms with Crippen LogP contribution in [0.5, 0.6) is 11.5 Å². The molecule has 2 heterocycles. The molecular formula is C15H14N2O2. The number of aromatic nitrogens is 2. The van der Waals surface area contributed by atoms with Crippen molar-refractivity contribution >= 4 is 10.9 Å². The van der Waals surface area contributed by atoms with Crippen LogP contribution in [0.25, 0.3) is 10.9 Å². The highest BCUT2D eigenvalue weighted by molar-refractivity contribution is 5.89. The van der Waals surface area contributed by atoms with E-state index in [4.69, 9.17) is 4.74 Å². The van der Waals surface area contributed by atoms with Crippen molar-refractivity contribution in [3.05, 3.63) is 54.5 Å². The summed E-state index contributed by atoms with van der Waals surface area (Å²) in [5.41, 5.74) is 1.95. The summed E-state index contributed by atoms with van der Waals surface area (Å²) in [6.45, 7) is 0.403. The van der Waals surface area contributed by atoms with Gasteiger partial charge in [0.1, 0.15) is 18.1 Å². The molecule has 0 saturated heterocycles. The van der Waals surface area contributed by atoms with Crippen molar-refractivity contribution in [2.75, 3.05) is 0 Å². The maximum absolute atomic E-state index is 9.98. The van der Waals surface area contributed by atoms with E-state index in [0.29, 0.717) is 6.61 Å². The Morgan fingerprint density at radius 3 is 2.95 bits per heavy atom. The number of aromatic hydroxyl groups is 1. The third kappa shape index (κ3) is 2.12. The third-order valence-corrected chi connectivity index (χ3v) is 3.10. The molecule has 2 aromatic heterocycles. The summed E-state index contributed by atoms with van der Waals surface area (Å²) in [5.74, 6) is 0.998. The van der Waals surface area contributed by atoms with E-state index in [-0.39, 0.29) is 5.75 Å². The summed E-state index contributed by atoms with van der Waals surface area (Å²) in [6, 6.07) is 9.19. The van der Waals surface area contributed by atoms with Crippen LogP contribution in [0.15, 0.2) is 48.9 Å². The Morgan fingerprint density at radius 2 is 2.16 bits per heavy atom. The number of phenolic OH excluding ortho intramolecular Hbond substituents is 1.